The zero-order valence-electron chi connectivity index (χ0n) is 8.31. The van der Waals surface area contributed by atoms with Crippen molar-refractivity contribution < 1.29 is 24.0 Å². The maximum absolute atomic E-state index is 5.70. The first kappa shape index (κ1) is 11.6. The number of hydrogen-bond acceptors (Lipinski definition) is 2. The van der Waals surface area contributed by atoms with Crippen LogP contribution < -0.4 is 0 Å². The second-order valence-electron chi connectivity index (χ2n) is 3.04. The van der Waals surface area contributed by atoms with Crippen LogP contribution in [0.1, 0.15) is 27.7 Å². The first-order valence-corrected chi connectivity index (χ1v) is 8.08. The van der Waals surface area contributed by atoms with Crippen molar-refractivity contribution in [2.75, 3.05) is 13.2 Å². The van der Waals surface area contributed by atoms with E-state index in [-0.39, 0.29) is 0 Å². The van der Waals surface area contributed by atoms with E-state index in [0.29, 0.717) is 4.22 Å². The fourth-order valence-electron chi connectivity index (χ4n) is 0.948. The van der Waals surface area contributed by atoms with Crippen LogP contribution in [0.4, 0.5) is 0 Å². The van der Waals surface area contributed by atoms with E-state index >= 15 is 0 Å². The summed E-state index contributed by atoms with van der Waals surface area (Å²) in [6, 6.07) is 0. The van der Waals surface area contributed by atoms with E-state index in [4.69, 9.17) is 6.64 Å². The van der Waals surface area contributed by atoms with Crippen molar-refractivity contribution in [2.45, 2.75) is 37.1 Å². The van der Waals surface area contributed by atoms with Crippen LogP contribution in [0.5, 0.6) is 0 Å². The van der Waals surface area contributed by atoms with Gasteiger partial charge in [-0.3, -0.25) is 0 Å². The molecule has 68 valence electrons. The quantitative estimate of drug-likeness (QED) is 0.629. The van der Waals surface area contributed by atoms with Gasteiger partial charge in [0.25, 0.3) is 0 Å². The summed E-state index contributed by atoms with van der Waals surface area (Å²) in [4.78, 5) is 0. The van der Waals surface area contributed by atoms with Gasteiger partial charge in [-0.25, -0.2) is 0 Å². The summed E-state index contributed by atoms with van der Waals surface area (Å²) in [5.74, 6) is 0. The number of rotatable bonds is 5. The average Bonchev–Trinajstić information content (AvgIpc) is 1.88. The molecule has 0 aliphatic rings. The van der Waals surface area contributed by atoms with Crippen LogP contribution in [0.15, 0.2) is 0 Å². The monoisotopic (exact) mass is 196 g/mol. The standard InChI is InChI=1S/C3H7.2C2H5O.CH3.Ti/c1-3-2;2*1-2-3;;/h3H,1-2H3;2*2H2,1H3;1H3;/q;2*-1;;+2. The van der Waals surface area contributed by atoms with Gasteiger partial charge in [-0.1, -0.05) is 0 Å². The Morgan fingerprint density at radius 2 is 1.45 bits per heavy atom. The van der Waals surface area contributed by atoms with Crippen LogP contribution in [-0.2, 0) is 24.0 Å². The molecule has 0 amide bonds. The van der Waals surface area contributed by atoms with Gasteiger partial charge in [0.05, 0.1) is 0 Å². The van der Waals surface area contributed by atoms with E-state index in [2.05, 4.69) is 19.1 Å². The zero-order chi connectivity index (χ0) is 8.91. The molecule has 0 radical (unpaired) electrons. The van der Waals surface area contributed by atoms with Crippen molar-refractivity contribution in [3.8, 4) is 0 Å². The fraction of sp³-hybridized carbons (Fsp3) is 1.00. The summed E-state index contributed by atoms with van der Waals surface area (Å²) >= 11 is -2.33. The molecule has 0 aromatic carbocycles. The third kappa shape index (κ3) is 3.70. The molecule has 3 heteroatoms. The minimum absolute atomic E-state index is 0.579. The van der Waals surface area contributed by atoms with Gasteiger partial charge < -0.3 is 0 Å². The summed E-state index contributed by atoms with van der Waals surface area (Å²) in [5.41, 5.74) is 0. The Morgan fingerprint density at radius 1 is 1.09 bits per heavy atom. The fourth-order valence-corrected chi connectivity index (χ4v) is 3.91. The van der Waals surface area contributed by atoms with E-state index in [0.717, 1.165) is 13.2 Å². The molecule has 0 saturated heterocycles. The molecule has 0 N–H and O–H groups in total. The molecule has 0 aromatic rings. The molecule has 0 spiro atoms. The summed E-state index contributed by atoms with van der Waals surface area (Å²) in [5, 5.41) is 2.18. The minimum atomic E-state index is -2.33. The predicted octanol–water partition coefficient (Wildman–Crippen LogP) is 2.92. The first-order valence-electron chi connectivity index (χ1n) is 4.34. The molecule has 0 bridgehead atoms. The average molecular weight is 196 g/mol. The molecule has 0 heterocycles. The molecule has 0 saturated carbocycles. The number of hydrogen-bond donors (Lipinski definition) is 0. The van der Waals surface area contributed by atoms with Crippen LogP contribution in [-0.4, -0.2) is 13.2 Å². The Bertz CT molecular complexity index is 98.3. The van der Waals surface area contributed by atoms with Gasteiger partial charge >= 0.3 is 74.4 Å². The Balaban J connectivity index is 4.01. The third-order valence-corrected chi connectivity index (χ3v) is 7.88. The van der Waals surface area contributed by atoms with E-state index < -0.39 is 17.4 Å². The summed E-state index contributed by atoms with van der Waals surface area (Å²) in [6.45, 7) is 10.0. The third-order valence-electron chi connectivity index (χ3n) is 1.91. The Labute approximate surface area is 74.6 Å². The Hall–Kier alpha value is 0.634. The van der Waals surface area contributed by atoms with Gasteiger partial charge in [0, 0.05) is 0 Å². The van der Waals surface area contributed by atoms with E-state index in [1.807, 2.05) is 13.8 Å². The van der Waals surface area contributed by atoms with Crippen LogP contribution >= 0.6 is 0 Å². The summed E-state index contributed by atoms with van der Waals surface area (Å²) in [7, 11) is 0. The molecule has 0 fully saturated rings. The first-order chi connectivity index (χ1) is 5.06. The van der Waals surface area contributed by atoms with Crippen molar-refractivity contribution in [3.63, 3.8) is 0 Å². The molecule has 2 nitrogen and oxygen atoms in total. The second-order valence-corrected chi connectivity index (χ2v) is 8.91. The van der Waals surface area contributed by atoms with Crippen molar-refractivity contribution >= 4 is 0 Å². The van der Waals surface area contributed by atoms with Crippen LogP contribution in [0.25, 0.3) is 0 Å². The predicted molar refractivity (Wildman–Crippen MR) is 44.2 cm³/mol. The second kappa shape index (κ2) is 5.31. The van der Waals surface area contributed by atoms with E-state index in [1.165, 1.54) is 0 Å². The van der Waals surface area contributed by atoms with Crippen molar-refractivity contribution in [2.24, 2.45) is 0 Å². The normalized spacial score (nSPS) is 12.5. The Kier molecular flexibility index (Phi) is 5.62. The zero-order valence-corrected chi connectivity index (χ0v) is 9.87. The molecular weight excluding hydrogens is 176 g/mol. The molecule has 0 unspecified atom stereocenters. The summed E-state index contributed by atoms with van der Waals surface area (Å²) < 4.78 is 12.0. The Morgan fingerprint density at radius 3 is 1.64 bits per heavy atom. The van der Waals surface area contributed by atoms with Crippen LogP contribution in [0.2, 0.25) is 9.45 Å². The topological polar surface area (TPSA) is 18.5 Å². The van der Waals surface area contributed by atoms with Gasteiger partial charge in [0.1, 0.15) is 0 Å². The molecule has 0 rings (SSSR count). The van der Waals surface area contributed by atoms with Gasteiger partial charge in [-0.15, -0.1) is 0 Å². The van der Waals surface area contributed by atoms with E-state index in [9.17, 15) is 0 Å². The van der Waals surface area contributed by atoms with Gasteiger partial charge in [0.2, 0.25) is 0 Å². The van der Waals surface area contributed by atoms with Crippen LogP contribution in [0.3, 0.4) is 0 Å². The molecular formula is C8H20O2Ti. The van der Waals surface area contributed by atoms with Crippen molar-refractivity contribution in [1.82, 2.24) is 0 Å². The van der Waals surface area contributed by atoms with E-state index in [1.54, 1.807) is 0 Å². The maximum atomic E-state index is 5.70. The van der Waals surface area contributed by atoms with Crippen LogP contribution in [0, 0.1) is 0 Å². The van der Waals surface area contributed by atoms with Gasteiger partial charge in [-0.2, -0.15) is 0 Å². The summed E-state index contributed by atoms with van der Waals surface area (Å²) in [6.07, 6.45) is 0. The van der Waals surface area contributed by atoms with Crippen molar-refractivity contribution in [1.29, 1.82) is 0 Å². The molecule has 0 aliphatic carbocycles. The molecule has 0 atom stereocenters. The molecule has 0 aromatic heterocycles. The van der Waals surface area contributed by atoms with Gasteiger partial charge in [0.15, 0.2) is 0 Å². The molecule has 0 aliphatic heterocycles. The SMILES string of the molecule is CC[O][Ti]([CH3])([O]CC)[CH](C)C. The van der Waals surface area contributed by atoms with Gasteiger partial charge in [-0.05, 0) is 0 Å². The molecule has 11 heavy (non-hydrogen) atoms. The van der Waals surface area contributed by atoms with Crippen molar-refractivity contribution in [3.05, 3.63) is 0 Å².